The van der Waals surface area contributed by atoms with Crippen molar-refractivity contribution in [2.45, 2.75) is 18.6 Å². The van der Waals surface area contributed by atoms with Crippen LogP contribution in [-0.4, -0.2) is 28.1 Å². The molecule has 92 valence electrons. The Morgan fingerprint density at radius 3 is 3.06 bits per heavy atom. The van der Waals surface area contributed by atoms with Gasteiger partial charge in [0, 0.05) is 17.3 Å². The lowest BCUT2D eigenvalue weighted by Crippen LogP contribution is -2.46. The fourth-order valence-corrected chi connectivity index (χ4v) is 3.18. The zero-order valence-corrected chi connectivity index (χ0v) is 10.9. The summed E-state index contributed by atoms with van der Waals surface area (Å²) in [6, 6.07) is 7.31. The number of rotatable bonds is 3. The number of thioether (sulfide) groups is 1. The second-order valence-corrected chi connectivity index (χ2v) is 5.69. The lowest BCUT2D eigenvalue weighted by molar-refractivity contribution is -0.137. The van der Waals surface area contributed by atoms with Crippen LogP contribution in [0.15, 0.2) is 24.3 Å². The van der Waals surface area contributed by atoms with Crippen LogP contribution in [-0.2, 0) is 11.3 Å². The number of aliphatic hydroxyl groups is 1. The van der Waals surface area contributed by atoms with Crippen molar-refractivity contribution in [2.75, 3.05) is 11.5 Å². The minimum Gasteiger partial charge on any atom is -0.379 e. The normalized spacial score (nSPS) is 23.6. The lowest BCUT2D eigenvalue weighted by Gasteiger charge is -2.20. The average molecular weight is 272 g/mol. The Hall–Kier alpha value is -0.710. The molecule has 2 N–H and O–H groups in total. The molecule has 1 fully saturated rings. The molecule has 1 aromatic rings. The molecule has 5 heteroatoms. The molecular formula is C12H14ClNO2S. The first kappa shape index (κ1) is 12.7. The quantitative estimate of drug-likeness (QED) is 0.882. The van der Waals surface area contributed by atoms with Gasteiger partial charge >= 0.3 is 0 Å². The van der Waals surface area contributed by atoms with Gasteiger partial charge in [-0.15, -0.1) is 0 Å². The monoisotopic (exact) mass is 271 g/mol. The van der Waals surface area contributed by atoms with Gasteiger partial charge in [-0.25, -0.2) is 0 Å². The Labute approximate surface area is 110 Å². The van der Waals surface area contributed by atoms with Crippen LogP contribution >= 0.6 is 23.4 Å². The topological polar surface area (TPSA) is 49.3 Å². The molecule has 1 unspecified atom stereocenters. The molecular weight excluding hydrogens is 258 g/mol. The maximum atomic E-state index is 11.8. The van der Waals surface area contributed by atoms with Gasteiger partial charge < -0.3 is 10.4 Å². The van der Waals surface area contributed by atoms with Crippen LogP contribution in [0.5, 0.6) is 0 Å². The standard InChI is InChI=1S/C12H14ClNO2S/c13-10-3-1-2-9(6-10)7-14-11(15)12(16)4-5-17-8-12/h1-3,6,16H,4-5,7-8H2,(H,14,15). The Bertz CT molecular complexity index is 419. The van der Waals surface area contributed by atoms with E-state index < -0.39 is 5.60 Å². The summed E-state index contributed by atoms with van der Waals surface area (Å²) < 4.78 is 0. The van der Waals surface area contributed by atoms with Crippen molar-refractivity contribution < 1.29 is 9.90 Å². The Morgan fingerprint density at radius 2 is 2.41 bits per heavy atom. The predicted octanol–water partition coefficient (Wildman–Crippen LogP) is 1.82. The lowest BCUT2D eigenvalue weighted by atomic mass is 10.0. The van der Waals surface area contributed by atoms with Gasteiger partial charge in [-0.3, -0.25) is 4.79 Å². The highest BCUT2D eigenvalue weighted by atomic mass is 35.5. The second-order valence-electron chi connectivity index (χ2n) is 4.15. The van der Waals surface area contributed by atoms with Crippen LogP contribution < -0.4 is 5.32 Å². The molecule has 2 rings (SSSR count). The Kier molecular flexibility index (Phi) is 3.97. The molecule has 0 spiro atoms. The summed E-state index contributed by atoms with van der Waals surface area (Å²) in [5, 5.41) is 13.4. The van der Waals surface area contributed by atoms with Gasteiger partial charge in [-0.1, -0.05) is 23.7 Å². The number of amides is 1. The van der Waals surface area contributed by atoms with E-state index in [-0.39, 0.29) is 5.91 Å². The summed E-state index contributed by atoms with van der Waals surface area (Å²) in [7, 11) is 0. The van der Waals surface area contributed by atoms with Crippen LogP contribution in [0.3, 0.4) is 0 Å². The third kappa shape index (κ3) is 3.15. The number of hydrogen-bond acceptors (Lipinski definition) is 3. The van der Waals surface area contributed by atoms with Gasteiger partial charge in [-0.05, 0) is 29.9 Å². The van der Waals surface area contributed by atoms with E-state index in [0.717, 1.165) is 11.3 Å². The summed E-state index contributed by atoms with van der Waals surface area (Å²) in [6.45, 7) is 0.395. The highest BCUT2D eigenvalue weighted by Gasteiger charge is 2.39. The van der Waals surface area contributed by atoms with Gasteiger partial charge in [0.2, 0.25) is 0 Å². The molecule has 1 saturated heterocycles. The summed E-state index contributed by atoms with van der Waals surface area (Å²) in [5.41, 5.74) is -0.261. The van der Waals surface area contributed by atoms with Gasteiger partial charge in [0.05, 0.1) is 0 Å². The molecule has 1 amide bonds. The maximum absolute atomic E-state index is 11.8. The van der Waals surface area contributed by atoms with E-state index in [9.17, 15) is 9.90 Å². The van der Waals surface area contributed by atoms with E-state index in [1.807, 2.05) is 12.1 Å². The molecule has 3 nitrogen and oxygen atoms in total. The second kappa shape index (κ2) is 5.29. The number of carbonyl (C=O) groups excluding carboxylic acids is 1. The Morgan fingerprint density at radius 1 is 1.59 bits per heavy atom. The van der Waals surface area contributed by atoms with E-state index in [1.165, 1.54) is 0 Å². The number of carbonyl (C=O) groups is 1. The molecule has 0 aromatic heterocycles. The zero-order valence-electron chi connectivity index (χ0n) is 9.28. The number of halogens is 1. The summed E-state index contributed by atoms with van der Waals surface area (Å²) in [5.74, 6) is 1.03. The fourth-order valence-electron chi connectivity index (χ4n) is 1.73. The third-order valence-corrected chi connectivity index (χ3v) is 4.18. The van der Waals surface area contributed by atoms with Crippen LogP contribution in [0.4, 0.5) is 0 Å². The van der Waals surface area contributed by atoms with E-state index >= 15 is 0 Å². The molecule has 1 aliphatic rings. The summed E-state index contributed by atoms with van der Waals surface area (Å²) in [4.78, 5) is 11.8. The maximum Gasteiger partial charge on any atom is 0.253 e. The van der Waals surface area contributed by atoms with Crippen LogP contribution in [0.2, 0.25) is 5.02 Å². The first-order valence-corrected chi connectivity index (χ1v) is 6.96. The third-order valence-electron chi connectivity index (χ3n) is 2.77. The average Bonchev–Trinajstić information content (AvgIpc) is 2.74. The smallest absolute Gasteiger partial charge is 0.253 e. The van der Waals surface area contributed by atoms with Crippen LogP contribution in [0, 0.1) is 0 Å². The van der Waals surface area contributed by atoms with Crippen molar-refractivity contribution in [3.8, 4) is 0 Å². The molecule has 0 saturated carbocycles. The van der Waals surface area contributed by atoms with Crippen molar-refractivity contribution in [1.82, 2.24) is 5.32 Å². The number of hydrogen-bond donors (Lipinski definition) is 2. The summed E-state index contributed by atoms with van der Waals surface area (Å²) in [6.07, 6.45) is 0.527. The molecule has 1 atom stereocenters. The van der Waals surface area contributed by atoms with Crippen LogP contribution in [0.1, 0.15) is 12.0 Å². The molecule has 0 bridgehead atoms. The first-order valence-electron chi connectivity index (χ1n) is 5.43. The fraction of sp³-hybridized carbons (Fsp3) is 0.417. The van der Waals surface area contributed by atoms with Crippen molar-refractivity contribution in [3.05, 3.63) is 34.9 Å². The number of nitrogens with one attached hydrogen (secondary N) is 1. The minimum atomic E-state index is -1.19. The van der Waals surface area contributed by atoms with E-state index in [1.54, 1.807) is 23.9 Å². The largest absolute Gasteiger partial charge is 0.379 e. The zero-order chi connectivity index (χ0) is 12.3. The SMILES string of the molecule is O=C(NCc1cccc(Cl)c1)C1(O)CCSC1. The van der Waals surface area contributed by atoms with Crippen LogP contribution in [0.25, 0.3) is 0 Å². The molecule has 0 radical (unpaired) electrons. The molecule has 1 aromatic carbocycles. The van der Waals surface area contributed by atoms with Gasteiger partial charge in [0.15, 0.2) is 5.60 Å². The van der Waals surface area contributed by atoms with E-state index in [2.05, 4.69) is 5.32 Å². The van der Waals surface area contributed by atoms with Crippen molar-refractivity contribution in [2.24, 2.45) is 0 Å². The van der Waals surface area contributed by atoms with Crippen molar-refractivity contribution in [3.63, 3.8) is 0 Å². The van der Waals surface area contributed by atoms with Gasteiger partial charge in [0.25, 0.3) is 5.91 Å². The molecule has 0 aliphatic carbocycles. The predicted molar refractivity (Wildman–Crippen MR) is 70.2 cm³/mol. The molecule has 1 aliphatic heterocycles. The van der Waals surface area contributed by atoms with E-state index in [0.29, 0.717) is 23.7 Å². The Balaban J connectivity index is 1.92. The number of benzene rings is 1. The minimum absolute atomic E-state index is 0.289. The van der Waals surface area contributed by atoms with Gasteiger partial charge in [-0.2, -0.15) is 11.8 Å². The molecule has 17 heavy (non-hydrogen) atoms. The van der Waals surface area contributed by atoms with Crippen molar-refractivity contribution in [1.29, 1.82) is 0 Å². The molecule has 1 heterocycles. The first-order chi connectivity index (χ1) is 8.10. The highest BCUT2D eigenvalue weighted by Crippen LogP contribution is 2.27. The van der Waals surface area contributed by atoms with Gasteiger partial charge in [0.1, 0.15) is 0 Å². The highest BCUT2D eigenvalue weighted by molar-refractivity contribution is 7.99. The van der Waals surface area contributed by atoms with Crippen molar-refractivity contribution >= 4 is 29.3 Å². The summed E-state index contributed by atoms with van der Waals surface area (Å²) >= 11 is 7.45. The van der Waals surface area contributed by atoms with E-state index in [4.69, 9.17) is 11.6 Å².